The smallest absolute Gasteiger partial charge is 0.399 e. The first-order valence-electron chi connectivity index (χ1n) is 9.24. The van der Waals surface area contributed by atoms with E-state index in [1.54, 1.807) is 6.07 Å². The Labute approximate surface area is 155 Å². The van der Waals surface area contributed by atoms with Crippen molar-refractivity contribution in [2.45, 2.75) is 51.9 Å². The molecule has 0 saturated carbocycles. The van der Waals surface area contributed by atoms with Crippen molar-refractivity contribution in [2.24, 2.45) is 0 Å². The van der Waals surface area contributed by atoms with Crippen LogP contribution in [0.1, 0.15) is 38.8 Å². The summed E-state index contributed by atoms with van der Waals surface area (Å²) < 4.78 is 26.4. The first kappa shape index (κ1) is 17.6. The molecule has 0 N–H and O–H groups in total. The average molecular weight is 353 g/mol. The lowest BCUT2D eigenvalue weighted by atomic mass is 9.75. The number of anilines is 1. The summed E-state index contributed by atoms with van der Waals surface area (Å²) in [4.78, 5) is 2.34. The fourth-order valence-corrected chi connectivity index (χ4v) is 3.68. The summed E-state index contributed by atoms with van der Waals surface area (Å²) >= 11 is 0. The van der Waals surface area contributed by atoms with E-state index >= 15 is 0 Å². The quantitative estimate of drug-likeness (QED) is 0.786. The monoisotopic (exact) mass is 353 g/mol. The predicted molar refractivity (Wildman–Crippen MR) is 103 cm³/mol. The summed E-state index contributed by atoms with van der Waals surface area (Å²) in [5.41, 5.74) is 3.57. The summed E-state index contributed by atoms with van der Waals surface area (Å²) in [5, 5.41) is 0. The van der Waals surface area contributed by atoms with Gasteiger partial charge in [0.05, 0.1) is 11.2 Å². The Morgan fingerprint density at radius 2 is 1.73 bits per heavy atom. The van der Waals surface area contributed by atoms with Crippen LogP contribution in [-0.4, -0.2) is 24.9 Å². The van der Waals surface area contributed by atoms with Crippen molar-refractivity contribution >= 4 is 18.3 Å². The minimum Gasteiger partial charge on any atom is -0.399 e. The normalized spacial score (nSPS) is 20.5. The molecule has 136 valence electrons. The average Bonchev–Trinajstić information content (AvgIpc) is 3.07. The number of rotatable bonds is 3. The molecule has 1 fully saturated rings. The lowest BCUT2D eigenvalue weighted by molar-refractivity contribution is 0.00578. The molecule has 0 aromatic heterocycles. The third kappa shape index (κ3) is 2.93. The number of halogens is 1. The fourth-order valence-electron chi connectivity index (χ4n) is 3.68. The van der Waals surface area contributed by atoms with E-state index in [0.717, 1.165) is 30.5 Å². The molecule has 4 rings (SSSR count). The minimum absolute atomic E-state index is 0.264. The largest absolute Gasteiger partial charge is 0.495 e. The van der Waals surface area contributed by atoms with E-state index in [4.69, 9.17) is 9.31 Å². The van der Waals surface area contributed by atoms with Gasteiger partial charge in [0.15, 0.2) is 0 Å². The molecule has 0 bridgehead atoms. The fraction of sp³-hybridized carbons (Fsp3) is 0.429. The first-order valence-corrected chi connectivity index (χ1v) is 9.24. The topological polar surface area (TPSA) is 21.7 Å². The Morgan fingerprint density at radius 1 is 1.04 bits per heavy atom. The van der Waals surface area contributed by atoms with Crippen LogP contribution in [0, 0.1) is 5.82 Å². The van der Waals surface area contributed by atoms with Crippen LogP contribution in [0.4, 0.5) is 10.1 Å². The second kappa shape index (κ2) is 6.10. The van der Waals surface area contributed by atoms with Gasteiger partial charge in [-0.1, -0.05) is 24.3 Å². The van der Waals surface area contributed by atoms with Crippen molar-refractivity contribution in [3.63, 3.8) is 0 Å². The van der Waals surface area contributed by atoms with E-state index in [1.807, 2.05) is 33.8 Å². The highest BCUT2D eigenvalue weighted by molar-refractivity contribution is 6.62. The summed E-state index contributed by atoms with van der Waals surface area (Å²) in [5.74, 6) is -0.264. The number of para-hydroxylation sites is 1. The molecule has 26 heavy (non-hydrogen) atoms. The van der Waals surface area contributed by atoms with Crippen LogP contribution in [0.5, 0.6) is 0 Å². The van der Waals surface area contributed by atoms with Crippen molar-refractivity contribution in [1.29, 1.82) is 0 Å². The van der Waals surface area contributed by atoms with Gasteiger partial charge >= 0.3 is 7.12 Å². The summed E-state index contributed by atoms with van der Waals surface area (Å²) in [6.07, 6.45) is 1.04. The van der Waals surface area contributed by atoms with Crippen LogP contribution in [0.15, 0.2) is 42.5 Å². The maximum Gasteiger partial charge on any atom is 0.495 e. The molecule has 0 radical (unpaired) electrons. The maximum absolute atomic E-state index is 14.0. The van der Waals surface area contributed by atoms with Gasteiger partial charge < -0.3 is 14.2 Å². The van der Waals surface area contributed by atoms with Gasteiger partial charge in [0, 0.05) is 18.8 Å². The Bertz CT molecular complexity index is 821. The van der Waals surface area contributed by atoms with E-state index in [1.165, 1.54) is 17.3 Å². The molecular formula is C21H25BFNO2. The SMILES string of the molecule is CC1(C)OB(c2cc(F)ccc2CN2CCc3ccccc32)OC1(C)C. The predicted octanol–water partition coefficient (Wildman–Crippen LogP) is 3.69. The molecule has 0 unspecified atom stereocenters. The summed E-state index contributed by atoms with van der Waals surface area (Å²) in [7, 11) is -0.552. The first-order chi connectivity index (χ1) is 12.3. The number of benzene rings is 2. The number of hydrogen-bond acceptors (Lipinski definition) is 3. The molecule has 2 aromatic carbocycles. The Balaban J connectivity index is 1.65. The minimum atomic E-state index is -0.552. The second-order valence-electron chi connectivity index (χ2n) is 8.23. The van der Waals surface area contributed by atoms with E-state index < -0.39 is 18.3 Å². The molecule has 2 aliphatic rings. The van der Waals surface area contributed by atoms with Crippen LogP contribution in [0.25, 0.3) is 0 Å². The molecule has 1 saturated heterocycles. The van der Waals surface area contributed by atoms with Crippen LogP contribution in [0.2, 0.25) is 0 Å². The number of hydrogen-bond donors (Lipinski definition) is 0. The van der Waals surface area contributed by atoms with Crippen molar-refractivity contribution in [2.75, 3.05) is 11.4 Å². The van der Waals surface area contributed by atoms with Crippen LogP contribution < -0.4 is 10.4 Å². The molecule has 3 nitrogen and oxygen atoms in total. The third-order valence-electron chi connectivity index (χ3n) is 5.96. The van der Waals surface area contributed by atoms with Gasteiger partial charge in [0.1, 0.15) is 5.82 Å². The molecule has 0 amide bonds. The molecule has 2 heterocycles. The number of fused-ring (bicyclic) bond motifs is 1. The molecule has 0 spiro atoms. The van der Waals surface area contributed by atoms with Gasteiger partial charge in [-0.15, -0.1) is 0 Å². The van der Waals surface area contributed by atoms with E-state index in [9.17, 15) is 4.39 Å². The summed E-state index contributed by atoms with van der Waals surface area (Å²) in [6, 6.07) is 13.4. The zero-order valence-corrected chi connectivity index (χ0v) is 15.9. The molecule has 0 aliphatic carbocycles. The van der Waals surface area contributed by atoms with Gasteiger partial charge in [-0.2, -0.15) is 0 Å². The van der Waals surface area contributed by atoms with Crippen molar-refractivity contribution in [3.8, 4) is 0 Å². The zero-order chi connectivity index (χ0) is 18.5. The van der Waals surface area contributed by atoms with Crippen molar-refractivity contribution in [1.82, 2.24) is 0 Å². The Hall–Kier alpha value is -1.85. The lowest BCUT2D eigenvalue weighted by Crippen LogP contribution is -2.41. The van der Waals surface area contributed by atoms with Gasteiger partial charge in [-0.05, 0) is 68.9 Å². The number of nitrogens with zero attached hydrogens (tertiary/aromatic N) is 1. The second-order valence-corrected chi connectivity index (χ2v) is 8.23. The standard InChI is InChI=1S/C21H25BFNO2/c1-20(2)21(3,4)26-22(25-20)18-13-17(23)10-9-16(18)14-24-12-11-15-7-5-6-8-19(15)24/h5-10,13H,11-12,14H2,1-4H3. The Kier molecular flexibility index (Phi) is 4.12. The zero-order valence-electron chi connectivity index (χ0n) is 15.9. The molecular weight excluding hydrogens is 328 g/mol. The van der Waals surface area contributed by atoms with Gasteiger partial charge in [0.2, 0.25) is 0 Å². The van der Waals surface area contributed by atoms with Crippen LogP contribution in [-0.2, 0) is 22.3 Å². The van der Waals surface area contributed by atoms with Gasteiger partial charge in [-0.3, -0.25) is 0 Å². The van der Waals surface area contributed by atoms with Crippen LogP contribution >= 0.6 is 0 Å². The van der Waals surface area contributed by atoms with E-state index in [2.05, 4.69) is 29.2 Å². The third-order valence-corrected chi connectivity index (χ3v) is 5.96. The highest BCUT2D eigenvalue weighted by Crippen LogP contribution is 2.37. The van der Waals surface area contributed by atoms with E-state index in [-0.39, 0.29) is 5.82 Å². The van der Waals surface area contributed by atoms with Crippen LogP contribution in [0.3, 0.4) is 0 Å². The maximum atomic E-state index is 14.0. The van der Waals surface area contributed by atoms with Crippen molar-refractivity contribution in [3.05, 3.63) is 59.4 Å². The highest BCUT2D eigenvalue weighted by atomic mass is 19.1. The van der Waals surface area contributed by atoms with Gasteiger partial charge in [-0.25, -0.2) is 4.39 Å². The Morgan fingerprint density at radius 3 is 2.46 bits per heavy atom. The molecule has 0 atom stereocenters. The van der Waals surface area contributed by atoms with E-state index in [0.29, 0.717) is 0 Å². The molecule has 2 aromatic rings. The molecule has 2 aliphatic heterocycles. The van der Waals surface area contributed by atoms with Crippen molar-refractivity contribution < 1.29 is 13.7 Å². The highest BCUT2D eigenvalue weighted by Gasteiger charge is 2.52. The van der Waals surface area contributed by atoms with Gasteiger partial charge in [0.25, 0.3) is 0 Å². The summed E-state index contributed by atoms with van der Waals surface area (Å²) in [6.45, 7) is 9.76. The lowest BCUT2D eigenvalue weighted by Gasteiger charge is -2.32. The molecule has 5 heteroatoms.